The molecule has 2 atom stereocenters. The van der Waals surface area contributed by atoms with Crippen LogP contribution in [0.2, 0.25) is 0 Å². The summed E-state index contributed by atoms with van der Waals surface area (Å²) in [6, 6.07) is 7.43. The molecule has 0 unspecified atom stereocenters. The molecule has 2 amide bonds. The van der Waals surface area contributed by atoms with E-state index < -0.39 is 0 Å². The first-order valence-corrected chi connectivity index (χ1v) is 8.54. The summed E-state index contributed by atoms with van der Waals surface area (Å²) in [6.45, 7) is 10.3. The van der Waals surface area contributed by atoms with Crippen molar-refractivity contribution in [2.45, 2.75) is 46.7 Å². The Kier molecular flexibility index (Phi) is 6.07. The first kappa shape index (κ1) is 18.8. The fraction of sp³-hybridized carbons (Fsp3) is 0.474. The van der Waals surface area contributed by atoms with Gasteiger partial charge in [0.15, 0.2) is 0 Å². The Morgan fingerprint density at radius 3 is 2.56 bits per heavy atom. The molecule has 0 fully saturated rings. The Bertz CT molecular complexity index is 739. The van der Waals surface area contributed by atoms with Gasteiger partial charge in [0.1, 0.15) is 12.4 Å². The third-order valence-corrected chi connectivity index (χ3v) is 4.21. The molecule has 0 saturated heterocycles. The molecular weight excluding hydrogens is 316 g/mol. The molecule has 1 aromatic heterocycles. The summed E-state index contributed by atoms with van der Waals surface area (Å²) in [5.74, 6) is 0.809. The minimum Gasteiger partial charge on any atom is -0.491 e. The summed E-state index contributed by atoms with van der Waals surface area (Å²) in [5.41, 5.74) is 4.19. The van der Waals surface area contributed by atoms with Gasteiger partial charge in [0.2, 0.25) is 0 Å². The molecule has 1 aromatic carbocycles. The van der Waals surface area contributed by atoms with Crippen LogP contribution >= 0.6 is 0 Å². The lowest BCUT2D eigenvalue weighted by Gasteiger charge is -2.19. The number of carbonyl (C=O) groups is 1. The predicted molar refractivity (Wildman–Crippen MR) is 98.9 cm³/mol. The number of ether oxygens (including phenoxy) is 1. The minimum atomic E-state index is -0.213. The quantitative estimate of drug-likeness (QED) is 0.846. The van der Waals surface area contributed by atoms with Crippen LogP contribution in [0.25, 0.3) is 0 Å². The van der Waals surface area contributed by atoms with E-state index in [0.29, 0.717) is 6.61 Å². The monoisotopic (exact) mass is 344 g/mol. The van der Waals surface area contributed by atoms with Gasteiger partial charge in [0, 0.05) is 18.3 Å². The van der Waals surface area contributed by atoms with Gasteiger partial charge in [-0.15, -0.1) is 0 Å². The highest BCUT2D eigenvalue weighted by atomic mass is 16.5. The van der Waals surface area contributed by atoms with Crippen LogP contribution in [-0.2, 0) is 7.05 Å². The molecular formula is C19H28N4O2. The summed E-state index contributed by atoms with van der Waals surface area (Å²) >= 11 is 0. The fourth-order valence-corrected chi connectivity index (χ4v) is 2.92. The average Bonchev–Trinajstić information content (AvgIpc) is 2.78. The van der Waals surface area contributed by atoms with E-state index in [1.54, 1.807) is 0 Å². The predicted octanol–water partition coefficient (Wildman–Crippen LogP) is 3.17. The second-order valence-electron chi connectivity index (χ2n) is 6.58. The molecule has 0 bridgehead atoms. The third-order valence-electron chi connectivity index (χ3n) is 4.21. The summed E-state index contributed by atoms with van der Waals surface area (Å²) in [5, 5.41) is 10.3. The van der Waals surface area contributed by atoms with Crippen molar-refractivity contribution in [3.05, 3.63) is 46.8 Å². The number of hydrogen-bond acceptors (Lipinski definition) is 3. The van der Waals surface area contributed by atoms with Crippen LogP contribution in [-0.4, -0.2) is 28.5 Å². The summed E-state index contributed by atoms with van der Waals surface area (Å²) in [6.07, 6.45) is 0. The van der Waals surface area contributed by atoms with Gasteiger partial charge in [-0.1, -0.05) is 12.1 Å². The minimum absolute atomic E-state index is 0.108. The highest BCUT2D eigenvalue weighted by Gasteiger charge is 2.18. The topological polar surface area (TPSA) is 68.2 Å². The first-order valence-electron chi connectivity index (χ1n) is 8.54. The van der Waals surface area contributed by atoms with Gasteiger partial charge < -0.3 is 15.4 Å². The largest absolute Gasteiger partial charge is 0.491 e. The molecule has 6 nitrogen and oxygen atoms in total. The first-order chi connectivity index (χ1) is 11.8. The van der Waals surface area contributed by atoms with Gasteiger partial charge in [-0.05, 0) is 52.3 Å². The smallest absolute Gasteiger partial charge is 0.315 e. The molecule has 0 aliphatic rings. The number of amides is 2. The number of rotatable bonds is 6. The van der Waals surface area contributed by atoms with Crippen molar-refractivity contribution in [2.75, 3.05) is 6.61 Å². The summed E-state index contributed by atoms with van der Waals surface area (Å²) < 4.78 is 7.56. The Morgan fingerprint density at radius 1 is 1.24 bits per heavy atom. The Morgan fingerprint density at radius 2 is 1.96 bits per heavy atom. The zero-order valence-corrected chi connectivity index (χ0v) is 15.9. The van der Waals surface area contributed by atoms with Crippen LogP contribution < -0.4 is 15.4 Å². The number of aryl methyl sites for hydroxylation is 3. The van der Waals surface area contributed by atoms with Crippen LogP contribution in [0.1, 0.15) is 42.4 Å². The number of hydrogen-bond donors (Lipinski definition) is 2. The van der Waals surface area contributed by atoms with E-state index in [0.717, 1.165) is 28.3 Å². The number of aromatic nitrogens is 2. The number of benzene rings is 1. The van der Waals surface area contributed by atoms with Crippen LogP contribution in [0.15, 0.2) is 24.3 Å². The van der Waals surface area contributed by atoms with Crippen molar-refractivity contribution in [3.8, 4) is 5.75 Å². The average molecular weight is 344 g/mol. The van der Waals surface area contributed by atoms with Gasteiger partial charge >= 0.3 is 6.03 Å². The molecule has 6 heteroatoms. The summed E-state index contributed by atoms with van der Waals surface area (Å²) in [7, 11) is 1.91. The Balaban J connectivity index is 1.84. The zero-order valence-electron chi connectivity index (χ0n) is 15.9. The van der Waals surface area contributed by atoms with Gasteiger partial charge in [0.05, 0.1) is 17.8 Å². The number of carbonyl (C=O) groups excluding carboxylic acids is 1. The van der Waals surface area contributed by atoms with Crippen molar-refractivity contribution >= 4 is 6.03 Å². The van der Waals surface area contributed by atoms with Crippen molar-refractivity contribution in [3.63, 3.8) is 0 Å². The molecule has 0 aliphatic heterocycles. The van der Waals surface area contributed by atoms with Crippen LogP contribution in [0, 0.1) is 20.8 Å². The highest BCUT2D eigenvalue weighted by Crippen LogP contribution is 2.20. The lowest BCUT2D eigenvalue weighted by atomic mass is 10.1. The van der Waals surface area contributed by atoms with E-state index in [4.69, 9.17) is 4.74 Å². The highest BCUT2D eigenvalue weighted by molar-refractivity contribution is 5.74. The van der Waals surface area contributed by atoms with E-state index in [1.807, 2.05) is 70.6 Å². The second kappa shape index (κ2) is 8.05. The normalized spacial score (nSPS) is 13.2. The van der Waals surface area contributed by atoms with Gasteiger partial charge in [-0.25, -0.2) is 4.79 Å². The van der Waals surface area contributed by atoms with E-state index >= 15 is 0 Å². The van der Waals surface area contributed by atoms with Crippen LogP contribution in [0.4, 0.5) is 4.79 Å². The lowest BCUT2D eigenvalue weighted by molar-refractivity contribution is 0.223. The second-order valence-corrected chi connectivity index (χ2v) is 6.58. The number of nitrogens with zero attached hydrogens (tertiary/aromatic N) is 2. The Labute approximate surface area is 149 Å². The number of urea groups is 1. The van der Waals surface area contributed by atoms with E-state index in [2.05, 4.69) is 15.7 Å². The van der Waals surface area contributed by atoms with Gasteiger partial charge in [-0.3, -0.25) is 4.68 Å². The van der Waals surface area contributed by atoms with Crippen molar-refractivity contribution in [2.24, 2.45) is 7.05 Å². The maximum Gasteiger partial charge on any atom is 0.315 e. The van der Waals surface area contributed by atoms with Gasteiger partial charge in [-0.2, -0.15) is 5.10 Å². The van der Waals surface area contributed by atoms with E-state index in [-0.39, 0.29) is 18.1 Å². The molecule has 0 aliphatic carbocycles. The zero-order chi connectivity index (χ0) is 18.6. The molecule has 2 N–H and O–H groups in total. The molecule has 0 radical (unpaired) electrons. The van der Waals surface area contributed by atoms with E-state index in [9.17, 15) is 4.79 Å². The maximum absolute atomic E-state index is 12.2. The van der Waals surface area contributed by atoms with Crippen molar-refractivity contribution in [1.82, 2.24) is 20.4 Å². The van der Waals surface area contributed by atoms with Crippen LogP contribution in [0.3, 0.4) is 0 Å². The molecule has 1 heterocycles. The fourth-order valence-electron chi connectivity index (χ4n) is 2.92. The molecule has 25 heavy (non-hydrogen) atoms. The Hall–Kier alpha value is -2.50. The van der Waals surface area contributed by atoms with Crippen LogP contribution in [0.5, 0.6) is 5.75 Å². The van der Waals surface area contributed by atoms with Crippen molar-refractivity contribution in [1.29, 1.82) is 0 Å². The molecule has 0 spiro atoms. The third kappa shape index (κ3) is 4.98. The summed E-state index contributed by atoms with van der Waals surface area (Å²) in [4.78, 5) is 12.2. The lowest BCUT2D eigenvalue weighted by Crippen LogP contribution is -2.44. The molecule has 2 rings (SSSR count). The number of nitrogens with one attached hydrogen (secondary N) is 2. The maximum atomic E-state index is 12.2. The molecule has 2 aromatic rings. The molecule has 0 saturated carbocycles. The van der Waals surface area contributed by atoms with E-state index in [1.165, 1.54) is 0 Å². The van der Waals surface area contributed by atoms with Gasteiger partial charge in [0.25, 0.3) is 0 Å². The van der Waals surface area contributed by atoms with Crippen molar-refractivity contribution < 1.29 is 9.53 Å². The standard InChI is InChI=1S/C19H28N4O2/c1-12-8-7-9-17(10-12)25-11-13(2)20-19(24)21-14(3)18-15(4)22-23(6)16(18)5/h7-10,13-14H,11H2,1-6H3,(H2,20,21,24)/t13-,14+/m1/s1. The molecule has 136 valence electrons. The SMILES string of the molecule is Cc1cccc(OC[C@@H](C)NC(=O)N[C@@H](C)c2c(C)nn(C)c2C)c1.